The van der Waals surface area contributed by atoms with E-state index in [9.17, 15) is 9.59 Å². The summed E-state index contributed by atoms with van der Waals surface area (Å²) in [5.41, 5.74) is 4.93. The lowest BCUT2D eigenvalue weighted by molar-refractivity contribution is -0.131. The lowest BCUT2D eigenvalue weighted by Crippen LogP contribution is -2.52. The fourth-order valence-corrected chi connectivity index (χ4v) is 2.59. The number of hydrogen-bond donors (Lipinski definition) is 3. The molecule has 2 rings (SSSR count). The molecule has 1 saturated carbocycles. The van der Waals surface area contributed by atoms with E-state index in [0.717, 1.165) is 12.8 Å². The Kier molecular flexibility index (Phi) is 4.93. The molecule has 0 spiro atoms. The molecule has 0 aromatic carbocycles. The molecule has 0 radical (unpaired) electrons. The summed E-state index contributed by atoms with van der Waals surface area (Å²) >= 11 is 5.05. The van der Waals surface area contributed by atoms with Gasteiger partial charge in [0.05, 0.1) is 4.99 Å². The van der Waals surface area contributed by atoms with E-state index in [0.29, 0.717) is 38.6 Å². The quantitative estimate of drug-likeness (QED) is 0.593. The highest BCUT2D eigenvalue weighted by atomic mass is 32.1. The highest BCUT2D eigenvalue weighted by Crippen LogP contribution is 2.31. The second-order valence-corrected chi connectivity index (χ2v) is 5.85. The fraction of sp³-hybridized carbons (Fsp3) is 0.769. The number of nitrogens with one attached hydrogen (secondary N) is 2. The number of hydrogen-bond acceptors (Lipinski definition) is 4. The van der Waals surface area contributed by atoms with Crippen molar-refractivity contribution in [1.82, 2.24) is 10.6 Å². The van der Waals surface area contributed by atoms with Crippen LogP contribution < -0.4 is 16.4 Å². The van der Waals surface area contributed by atoms with Gasteiger partial charge >= 0.3 is 0 Å². The number of amides is 2. The Bertz CT molecular complexity index is 404. The number of rotatable bonds is 6. The van der Waals surface area contributed by atoms with Crippen LogP contribution in [0.5, 0.6) is 0 Å². The van der Waals surface area contributed by atoms with E-state index in [2.05, 4.69) is 10.6 Å². The molecular formula is C13H21N3O3S. The minimum absolute atomic E-state index is 0.0239. The largest absolute Gasteiger partial charge is 0.392 e. The standard InChI is InChI=1S/C13H21N3O3S/c14-11(20)13(4-7-19-8-5-13)12(18)15-6-3-10(17)16-9-1-2-9/h9H,1-8H2,(H2,14,20)(H,15,18)(H,16,17). The van der Waals surface area contributed by atoms with Crippen LogP contribution in [0.25, 0.3) is 0 Å². The number of carbonyl (C=O) groups is 2. The molecule has 2 amide bonds. The smallest absolute Gasteiger partial charge is 0.233 e. The Morgan fingerprint density at radius 3 is 2.50 bits per heavy atom. The minimum Gasteiger partial charge on any atom is -0.392 e. The Balaban J connectivity index is 1.79. The van der Waals surface area contributed by atoms with Gasteiger partial charge in [-0.05, 0) is 25.7 Å². The Morgan fingerprint density at radius 1 is 1.30 bits per heavy atom. The zero-order valence-electron chi connectivity index (χ0n) is 11.4. The molecule has 20 heavy (non-hydrogen) atoms. The zero-order chi connectivity index (χ0) is 14.6. The zero-order valence-corrected chi connectivity index (χ0v) is 12.3. The first kappa shape index (κ1) is 15.2. The molecule has 1 aliphatic heterocycles. The van der Waals surface area contributed by atoms with Crippen LogP contribution in [0.2, 0.25) is 0 Å². The van der Waals surface area contributed by atoms with Crippen LogP contribution in [-0.4, -0.2) is 42.6 Å². The maximum absolute atomic E-state index is 12.3. The lowest BCUT2D eigenvalue weighted by Gasteiger charge is -2.34. The topological polar surface area (TPSA) is 93.5 Å². The number of nitrogens with two attached hydrogens (primary N) is 1. The average Bonchev–Trinajstić information content (AvgIpc) is 3.23. The third kappa shape index (κ3) is 3.67. The first-order valence-corrected chi connectivity index (χ1v) is 7.41. The van der Waals surface area contributed by atoms with Crippen LogP contribution in [0, 0.1) is 5.41 Å². The van der Waals surface area contributed by atoms with Gasteiger partial charge in [-0.3, -0.25) is 9.59 Å². The van der Waals surface area contributed by atoms with Crippen LogP contribution in [0.4, 0.5) is 0 Å². The van der Waals surface area contributed by atoms with E-state index in [4.69, 9.17) is 22.7 Å². The summed E-state index contributed by atoms with van der Waals surface area (Å²) in [6.07, 6.45) is 3.41. The third-order valence-corrected chi connectivity index (χ3v) is 4.22. The maximum atomic E-state index is 12.3. The van der Waals surface area contributed by atoms with E-state index in [-0.39, 0.29) is 23.2 Å². The molecule has 6 nitrogen and oxygen atoms in total. The molecule has 2 aliphatic rings. The summed E-state index contributed by atoms with van der Waals surface area (Å²) < 4.78 is 5.26. The number of ether oxygens (including phenoxy) is 1. The number of carbonyl (C=O) groups excluding carboxylic acids is 2. The SMILES string of the molecule is NC(=S)C1(C(=O)NCCC(=O)NC2CC2)CCOCC1. The monoisotopic (exact) mass is 299 g/mol. The summed E-state index contributed by atoms with van der Waals surface area (Å²) in [6.45, 7) is 1.27. The van der Waals surface area contributed by atoms with Gasteiger partial charge in [0.2, 0.25) is 11.8 Å². The van der Waals surface area contributed by atoms with Crippen LogP contribution in [0.15, 0.2) is 0 Å². The molecule has 0 bridgehead atoms. The van der Waals surface area contributed by atoms with Crippen molar-refractivity contribution in [3.8, 4) is 0 Å². The van der Waals surface area contributed by atoms with Gasteiger partial charge in [0.1, 0.15) is 5.41 Å². The fourth-order valence-electron chi connectivity index (χ4n) is 2.29. The van der Waals surface area contributed by atoms with Crippen molar-refractivity contribution in [2.75, 3.05) is 19.8 Å². The molecule has 1 aliphatic carbocycles. The Hall–Kier alpha value is -1.21. The van der Waals surface area contributed by atoms with E-state index in [1.54, 1.807) is 0 Å². The van der Waals surface area contributed by atoms with Crippen molar-refractivity contribution in [3.63, 3.8) is 0 Å². The minimum atomic E-state index is -0.819. The summed E-state index contributed by atoms with van der Waals surface area (Å²) in [4.78, 5) is 24.1. The van der Waals surface area contributed by atoms with Gasteiger partial charge in [0, 0.05) is 32.2 Å². The normalized spacial score (nSPS) is 21.0. The first-order chi connectivity index (χ1) is 9.54. The summed E-state index contributed by atoms with van der Waals surface area (Å²) in [5, 5.41) is 5.65. The average molecular weight is 299 g/mol. The van der Waals surface area contributed by atoms with E-state index >= 15 is 0 Å². The molecule has 0 aromatic rings. The maximum Gasteiger partial charge on any atom is 0.233 e. The predicted molar refractivity (Wildman–Crippen MR) is 78.1 cm³/mol. The first-order valence-electron chi connectivity index (χ1n) is 7.00. The van der Waals surface area contributed by atoms with Gasteiger partial charge in [-0.15, -0.1) is 0 Å². The summed E-state index contributed by atoms with van der Waals surface area (Å²) in [5.74, 6) is -0.211. The van der Waals surface area contributed by atoms with E-state index < -0.39 is 5.41 Å². The molecule has 1 heterocycles. The molecular weight excluding hydrogens is 278 g/mol. The van der Waals surface area contributed by atoms with Gasteiger partial charge < -0.3 is 21.1 Å². The third-order valence-electron chi connectivity index (χ3n) is 3.83. The second-order valence-electron chi connectivity index (χ2n) is 5.41. The van der Waals surface area contributed by atoms with Crippen LogP contribution in [0.1, 0.15) is 32.1 Å². The van der Waals surface area contributed by atoms with Crippen molar-refractivity contribution in [3.05, 3.63) is 0 Å². The lowest BCUT2D eigenvalue weighted by atomic mass is 9.79. The van der Waals surface area contributed by atoms with Gasteiger partial charge in [-0.1, -0.05) is 12.2 Å². The van der Waals surface area contributed by atoms with Crippen molar-refractivity contribution in [2.45, 2.75) is 38.1 Å². The molecule has 1 saturated heterocycles. The Labute approximate surface area is 123 Å². The van der Waals surface area contributed by atoms with Gasteiger partial charge in [-0.25, -0.2) is 0 Å². The molecule has 0 atom stereocenters. The molecule has 0 unspecified atom stereocenters. The second kappa shape index (κ2) is 6.49. The highest BCUT2D eigenvalue weighted by molar-refractivity contribution is 7.80. The highest BCUT2D eigenvalue weighted by Gasteiger charge is 2.42. The molecule has 112 valence electrons. The van der Waals surface area contributed by atoms with Crippen LogP contribution in [-0.2, 0) is 14.3 Å². The van der Waals surface area contributed by atoms with Gasteiger partial charge in [-0.2, -0.15) is 0 Å². The summed E-state index contributed by atoms with van der Waals surface area (Å²) in [7, 11) is 0. The predicted octanol–water partition coefficient (Wildman–Crippen LogP) is -0.146. The number of thiocarbonyl (C=S) groups is 1. The molecule has 0 aromatic heterocycles. The van der Waals surface area contributed by atoms with E-state index in [1.165, 1.54) is 0 Å². The van der Waals surface area contributed by atoms with Crippen molar-refractivity contribution in [1.29, 1.82) is 0 Å². The van der Waals surface area contributed by atoms with Crippen LogP contribution >= 0.6 is 12.2 Å². The molecule has 2 fully saturated rings. The van der Waals surface area contributed by atoms with Crippen molar-refractivity contribution < 1.29 is 14.3 Å². The van der Waals surface area contributed by atoms with Gasteiger partial charge in [0.15, 0.2) is 0 Å². The van der Waals surface area contributed by atoms with Crippen molar-refractivity contribution in [2.24, 2.45) is 11.1 Å². The Morgan fingerprint density at radius 2 is 1.95 bits per heavy atom. The molecule has 7 heteroatoms. The summed E-state index contributed by atoms with van der Waals surface area (Å²) in [6, 6.07) is 0.344. The van der Waals surface area contributed by atoms with Crippen LogP contribution in [0.3, 0.4) is 0 Å². The van der Waals surface area contributed by atoms with E-state index in [1.807, 2.05) is 0 Å². The molecule has 4 N–H and O–H groups in total. The van der Waals surface area contributed by atoms with Gasteiger partial charge in [0.25, 0.3) is 0 Å². The van der Waals surface area contributed by atoms with Crippen molar-refractivity contribution >= 4 is 29.0 Å².